The number of thioether (sulfide) groups is 1. The number of halogens is 2. The number of benzene rings is 1. The topological polar surface area (TPSA) is 85.5 Å². The van der Waals surface area contributed by atoms with Gasteiger partial charge in [-0.15, -0.1) is 10.2 Å². The Labute approximate surface area is 170 Å². The third kappa shape index (κ3) is 5.21. The Morgan fingerprint density at radius 3 is 2.58 bits per heavy atom. The Balaban J connectivity index is 2.32. The van der Waals surface area contributed by atoms with Crippen LogP contribution in [0.15, 0.2) is 39.3 Å². The maximum Gasteiger partial charge on any atom is 0.342 e. The average molecular weight is 570 g/mol. The van der Waals surface area contributed by atoms with Gasteiger partial charge in [-0.3, -0.25) is 0 Å². The van der Waals surface area contributed by atoms with E-state index in [0.29, 0.717) is 12.5 Å². The van der Waals surface area contributed by atoms with Crippen molar-refractivity contribution >= 4 is 69.0 Å². The molecule has 1 aromatic carbocycles. The Morgan fingerprint density at radius 2 is 2.08 bits per heavy atom. The first-order chi connectivity index (χ1) is 11.4. The number of hydrogen-bond acceptors (Lipinski definition) is 6. The second-order valence-electron chi connectivity index (χ2n) is 4.42. The van der Waals surface area contributed by atoms with E-state index in [9.17, 15) is 9.90 Å². The number of nitrogens with zero attached hydrogens (tertiary/aromatic N) is 2. The molecule has 24 heavy (non-hydrogen) atoms. The Kier molecular flexibility index (Phi) is 7.10. The lowest BCUT2D eigenvalue weighted by Gasteiger charge is -2.10. The molecule has 1 N–H and O–H groups in total. The second-order valence-corrected chi connectivity index (χ2v) is 7.73. The van der Waals surface area contributed by atoms with Crippen LogP contribution in [0.3, 0.4) is 0 Å². The summed E-state index contributed by atoms with van der Waals surface area (Å²) >= 11 is 5.22. The third-order valence-electron chi connectivity index (χ3n) is 2.58. The SMILES string of the molecule is C=CCOc1c(I)cc(/C=C(\Sc2nnc(C)o2)C(=O)O)cc1I. The Hall–Kier alpha value is -1.08. The minimum Gasteiger partial charge on any atom is -0.487 e. The summed E-state index contributed by atoms with van der Waals surface area (Å²) in [5.74, 6) is 0.0770. The van der Waals surface area contributed by atoms with Gasteiger partial charge >= 0.3 is 5.97 Å². The van der Waals surface area contributed by atoms with Gasteiger partial charge < -0.3 is 14.3 Å². The molecule has 0 unspecified atom stereocenters. The van der Waals surface area contributed by atoms with Crippen molar-refractivity contribution in [1.29, 1.82) is 0 Å². The molecular formula is C15H12I2N2O4S. The molecule has 1 heterocycles. The maximum atomic E-state index is 11.5. The van der Waals surface area contributed by atoms with Crippen LogP contribution in [0.5, 0.6) is 5.75 Å². The molecule has 0 spiro atoms. The molecule has 0 bridgehead atoms. The highest BCUT2D eigenvalue weighted by Gasteiger charge is 2.15. The summed E-state index contributed by atoms with van der Waals surface area (Å²) in [5, 5.41) is 17.1. The summed E-state index contributed by atoms with van der Waals surface area (Å²) in [6, 6.07) is 3.70. The summed E-state index contributed by atoms with van der Waals surface area (Å²) in [6.07, 6.45) is 3.24. The lowest BCUT2D eigenvalue weighted by Crippen LogP contribution is -1.99. The van der Waals surface area contributed by atoms with Gasteiger partial charge in [0.15, 0.2) is 0 Å². The predicted molar refractivity (Wildman–Crippen MR) is 108 cm³/mol. The van der Waals surface area contributed by atoms with E-state index in [2.05, 4.69) is 62.0 Å². The fourth-order valence-electron chi connectivity index (χ4n) is 1.64. The first-order valence-corrected chi connectivity index (χ1v) is 9.53. The largest absolute Gasteiger partial charge is 0.487 e. The number of ether oxygens (including phenoxy) is 1. The van der Waals surface area contributed by atoms with E-state index in [4.69, 9.17) is 9.15 Å². The molecule has 0 saturated heterocycles. The van der Waals surface area contributed by atoms with Gasteiger partial charge in [0.05, 0.1) is 7.14 Å². The molecule has 2 rings (SSSR count). The van der Waals surface area contributed by atoms with Crippen molar-refractivity contribution in [2.24, 2.45) is 0 Å². The summed E-state index contributed by atoms with van der Waals surface area (Å²) in [7, 11) is 0. The zero-order valence-electron chi connectivity index (χ0n) is 12.5. The number of rotatable bonds is 7. The van der Waals surface area contributed by atoms with Gasteiger partial charge in [-0.2, -0.15) is 0 Å². The van der Waals surface area contributed by atoms with E-state index < -0.39 is 5.97 Å². The molecule has 0 aliphatic carbocycles. The van der Waals surface area contributed by atoms with E-state index in [0.717, 1.165) is 30.2 Å². The van der Waals surface area contributed by atoms with Crippen LogP contribution in [-0.2, 0) is 4.79 Å². The third-order valence-corrected chi connectivity index (χ3v) is 5.03. The first-order valence-electron chi connectivity index (χ1n) is 6.56. The molecule has 1 aromatic heterocycles. The molecule has 0 fully saturated rings. The molecule has 0 aliphatic rings. The number of aliphatic carboxylic acids is 1. The van der Waals surface area contributed by atoms with Gasteiger partial charge in [0, 0.05) is 6.92 Å². The van der Waals surface area contributed by atoms with E-state index in [-0.39, 0.29) is 10.1 Å². The van der Waals surface area contributed by atoms with Crippen molar-refractivity contribution in [1.82, 2.24) is 10.2 Å². The van der Waals surface area contributed by atoms with Crippen LogP contribution in [0.4, 0.5) is 0 Å². The minimum absolute atomic E-state index is 0.0880. The van der Waals surface area contributed by atoms with Crippen molar-refractivity contribution in [2.75, 3.05) is 6.61 Å². The van der Waals surface area contributed by atoms with E-state index >= 15 is 0 Å². The van der Waals surface area contributed by atoms with E-state index in [1.54, 1.807) is 19.1 Å². The van der Waals surface area contributed by atoms with Crippen molar-refractivity contribution < 1.29 is 19.1 Å². The highest BCUT2D eigenvalue weighted by molar-refractivity contribution is 14.1. The molecule has 0 radical (unpaired) electrons. The Bertz CT molecular complexity index is 782. The van der Waals surface area contributed by atoms with Crippen LogP contribution < -0.4 is 4.74 Å². The highest BCUT2D eigenvalue weighted by atomic mass is 127. The van der Waals surface area contributed by atoms with Crippen LogP contribution in [-0.4, -0.2) is 27.9 Å². The molecule has 126 valence electrons. The van der Waals surface area contributed by atoms with Gasteiger partial charge in [0.2, 0.25) is 5.89 Å². The first kappa shape index (κ1) is 19.2. The van der Waals surface area contributed by atoms with Crippen molar-refractivity contribution in [3.8, 4) is 5.75 Å². The van der Waals surface area contributed by atoms with Crippen LogP contribution in [0, 0.1) is 14.1 Å². The van der Waals surface area contributed by atoms with Crippen LogP contribution >= 0.6 is 56.9 Å². The van der Waals surface area contributed by atoms with E-state index in [1.165, 1.54) is 0 Å². The van der Waals surface area contributed by atoms with Crippen LogP contribution in [0.25, 0.3) is 6.08 Å². The van der Waals surface area contributed by atoms with Crippen LogP contribution in [0.2, 0.25) is 0 Å². The van der Waals surface area contributed by atoms with Crippen LogP contribution in [0.1, 0.15) is 11.5 Å². The summed E-state index contributed by atoms with van der Waals surface area (Å²) in [4.78, 5) is 11.6. The molecule has 6 nitrogen and oxygen atoms in total. The number of carboxylic acid groups (broad SMARTS) is 1. The monoisotopic (exact) mass is 570 g/mol. The van der Waals surface area contributed by atoms with Gasteiger partial charge in [-0.1, -0.05) is 12.7 Å². The molecular weight excluding hydrogens is 558 g/mol. The Morgan fingerprint density at radius 1 is 1.42 bits per heavy atom. The van der Waals surface area contributed by atoms with Gasteiger partial charge in [0.25, 0.3) is 5.22 Å². The number of aryl methyl sites for hydroxylation is 1. The molecule has 0 atom stereocenters. The van der Waals surface area contributed by atoms with Crippen molar-refractivity contribution in [3.05, 3.63) is 48.3 Å². The number of aromatic nitrogens is 2. The smallest absolute Gasteiger partial charge is 0.342 e. The zero-order valence-corrected chi connectivity index (χ0v) is 17.6. The molecule has 0 saturated carbocycles. The van der Waals surface area contributed by atoms with E-state index in [1.807, 2.05) is 12.1 Å². The van der Waals surface area contributed by atoms with Gasteiger partial charge in [-0.05, 0) is 80.7 Å². The highest BCUT2D eigenvalue weighted by Crippen LogP contribution is 2.32. The quantitative estimate of drug-likeness (QED) is 0.229. The molecule has 9 heteroatoms. The zero-order chi connectivity index (χ0) is 17.7. The predicted octanol–water partition coefficient (Wildman–Crippen LogP) is 4.37. The van der Waals surface area contributed by atoms with Crippen molar-refractivity contribution in [3.63, 3.8) is 0 Å². The molecule has 0 aliphatic heterocycles. The lowest BCUT2D eigenvalue weighted by molar-refractivity contribution is -0.131. The van der Waals surface area contributed by atoms with Gasteiger partial charge in [0.1, 0.15) is 17.3 Å². The normalized spacial score (nSPS) is 11.4. The molecule has 2 aromatic rings. The maximum absolute atomic E-state index is 11.5. The van der Waals surface area contributed by atoms with Gasteiger partial charge in [-0.25, -0.2) is 4.79 Å². The summed E-state index contributed by atoms with van der Waals surface area (Å²) in [6.45, 7) is 5.68. The lowest BCUT2D eigenvalue weighted by atomic mass is 10.2. The molecule has 0 amide bonds. The number of hydrogen-bond donors (Lipinski definition) is 1. The average Bonchev–Trinajstić information content (AvgIpc) is 2.91. The number of carbonyl (C=O) groups is 1. The summed E-state index contributed by atoms with van der Waals surface area (Å²) in [5.41, 5.74) is 0.746. The summed E-state index contributed by atoms with van der Waals surface area (Å²) < 4.78 is 12.6. The van der Waals surface area contributed by atoms with Crippen molar-refractivity contribution in [2.45, 2.75) is 12.1 Å². The fourth-order valence-corrected chi connectivity index (χ4v) is 4.48. The standard InChI is InChI=1S/C15H12I2N2O4S/c1-3-4-22-13-10(16)5-9(6-11(13)17)7-12(14(20)21)24-15-19-18-8(2)23-15/h3,5-7H,1,4H2,2H3,(H,20,21)/b12-7-. The fraction of sp³-hybridized carbons (Fsp3) is 0.133. The minimum atomic E-state index is -1.06. The second kappa shape index (κ2) is 8.85. The number of carboxylic acids is 1.